The van der Waals surface area contributed by atoms with E-state index in [1.54, 1.807) is 6.92 Å². The molecule has 1 atom stereocenters. The van der Waals surface area contributed by atoms with Crippen molar-refractivity contribution in [3.05, 3.63) is 23.5 Å². The molecule has 12 heteroatoms. The number of hydrogen-bond acceptors (Lipinski definition) is 7. The maximum atomic E-state index is 11.4. The number of nitrogens with zero attached hydrogens (tertiary/aromatic N) is 2. The molecule has 0 amide bonds. The van der Waals surface area contributed by atoms with Gasteiger partial charge in [-0.3, -0.25) is 14.3 Å². The molecule has 2 heterocycles. The number of aromatic nitrogens is 2. The predicted molar refractivity (Wildman–Crippen MR) is 109 cm³/mol. The van der Waals surface area contributed by atoms with Gasteiger partial charge in [-0.15, -0.1) is 0 Å². The van der Waals surface area contributed by atoms with Gasteiger partial charge in [-0.25, -0.2) is 4.79 Å². The summed E-state index contributed by atoms with van der Waals surface area (Å²) in [4.78, 5) is 31.6. The molecule has 1 aliphatic rings. The number of carbonyl (C=O) groups is 3. The third kappa shape index (κ3) is 11.0. The van der Waals surface area contributed by atoms with Crippen LogP contribution in [0, 0.1) is 0 Å². The molecular weight excluding hydrogens is 439 g/mol. The normalized spacial score (nSPS) is 17.6. The van der Waals surface area contributed by atoms with Gasteiger partial charge in [0, 0.05) is 37.9 Å². The number of rotatable bonds is 7. The van der Waals surface area contributed by atoms with E-state index in [1.807, 2.05) is 23.9 Å². The van der Waals surface area contributed by atoms with Crippen LogP contribution >= 0.6 is 11.8 Å². The van der Waals surface area contributed by atoms with Crippen LogP contribution in [-0.2, 0) is 25.7 Å². The Morgan fingerprint density at radius 2 is 2.10 bits per heavy atom. The molecule has 1 aromatic rings. The first-order valence-corrected chi connectivity index (χ1v) is 10.5. The second-order valence-corrected chi connectivity index (χ2v) is 7.88. The van der Waals surface area contributed by atoms with E-state index in [1.165, 1.54) is 17.3 Å². The van der Waals surface area contributed by atoms with Gasteiger partial charge in [0.2, 0.25) is 0 Å². The van der Waals surface area contributed by atoms with Gasteiger partial charge >= 0.3 is 18.1 Å². The highest BCUT2D eigenvalue weighted by Crippen LogP contribution is 2.26. The van der Waals surface area contributed by atoms with Gasteiger partial charge in [0.05, 0.1) is 12.3 Å². The highest BCUT2D eigenvalue weighted by molar-refractivity contribution is 8.14. The molecule has 1 fully saturated rings. The molecular formula is C19H26F3N3O5S. The Labute approximate surface area is 182 Å². The predicted octanol–water partition coefficient (Wildman–Crippen LogP) is 2.88. The number of piperidine rings is 1. The number of carbonyl (C=O) groups excluding carboxylic acids is 2. The lowest BCUT2D eigenvalue weighted by Gasteiger charge is -2.24. The Hall–Kier alpha value is -2.34. The molecule has 1 aromatic heterocycles. The number of aliphatic carboxylic acids is 1. The summed E-state index contributed by atoms with van der Waals surface area (Å²) in [5, 5.41) is 15.4. The Morgan fingerprint density at radius 3 is 2.68 bits per heavy atom. The van der Waals surface area contributed by atoms with Crippen LogP contribution in [0.3, 0.4) is 0 Å². The number of halogens is 3. The SMILES string of the molecule is CCOC(=O)CCCn1ccc(C=C2CNCCC2SC(C)=O)n1.O=C(O)C(F)(F)F. The van der Waals surface area contributed by atoms with E-state index >= 15 is 0 Å². The van der Waals surface area contributed by atoms with Gasteiger partial charge in [-0.2, -0.15) is 18.3 Å². The zero-order chi connectivity index (χ0) is 23.4. The fraction of sp³-hybridized carbons (Fsp3) is 0.579. The molecule has 0 bridgehead atoms. The first-order chi connectivity index (χ1) is 14.5. The Bertz CT molecular complexity index is 780. The average Bonchev–Trinajstić information content (AvgIpc) is 3.10. The minimum absolute atomic E-state index is 0.150. The van der Waals surface area contributed by atoms with Crippen molar-refractivity contribution in [1.82, 2.24) is 15.1 Å². The third-order valence-corrected chi connectivity index (χ3v) is 5.10. The van der Waals surface area contributed by atoms with E-state index in [-0.39, 0.29) is 16.3 Å². The van der Waals surface area contributed by atoms with Crippen molar-refractivity contribution in [3.8, 4) is 0 Å². The Kier molecular flexibility index (Phi) is 11.3. The summed E-state index contributed by atoms with van der Waals surface area (Å²) in [7, 11) is 0. The maximum Gasteiger partial charge on any atom is 0.490 e. The number of ether oxygens (including phenoxy) is 1. The van der Waals surface area contributed by atoms with Gasteiger partial charge in [0.1, 0.15) is 0 Å². The molecule has 0 saturated carbocycles. The summed E-state index contributed by atoms with van der Waals surface area (Å²) in [5.41, 5.74) is 2.09. The van der Waals surface area contributed by atoms with E-state index in [0.29, 0.717) is 26.0 Å². The summed E-state index contributed by atoms with van der Waals surface area (Å²) in [6.07, 6.45) is 0.970. The molecule has 1 saturated heterocycles. The molecule has 2 N–H and O–H groups in total. The van der Waals surface area contributed by atoms with Crippen molar-refractivity contribution in [2.75, 3.05) is 19.7 Å². The zero-order valence-corrected chi connectivity index (χ0v) is 18.1. The first kappa shape index (κ1) is 26.7. The number of carboxylic acids is 1. The molecule has 0 aliphatic carbocycles. The number of alkyl halides is 3. The van der Waals surface area contributed by atoms with Gasteiger partial charge in [-0.1, -0.05) is 11.8 Å². The average molecular weight is 465 g/mol. The molecule has 1 unspecified atom stereocenters. The van der Waals surface area contributed by atoms with Crippen LogP contribution in [0.15, 0.2) is 17.8 Å². The van der Waals surface area contributed by atoms with Crippen LogP contribution in [0.1, 0.15) is 38.8 Å². The lowest BCUT2D eigenvalue weighted by Crippen LogP contribution is -2.32. The third-order valence-electron chi connectivity index (χ3n) is 3.94. The second kappa shape index (κ2) is 13.2. The largest absolute Gasteiger partial charge is 0.490 e. The highest BCUT2D eigenvalue weighted by Gasteiger charge is 2.38. The number of carboxylic acid groups (broad SMARTS) is 1. The minimum atomic E-state index is -5.08. The fourth-order valence-electron chi connectivity index (χ4n) is 2.63. The minimum Gasteiger partial charge on any atom is -0.475 e. The van der Waals surface area contributed by atoms with Gasteiger partial charge in [-0.05, 0) is 44.0 Å². The van der Waals surface area contributed by atoms with Crippen molar-refractivity contribution in [1.29, 1.82) is 0 Å². The number of aryl methyl sites for hydroxylation is 1. The quantitative estimate of drug-likeness (QED) is 0.592. The van der Waals surface area contributed by atoms with Gasteiger partial charge in [0.25, 0.3) is 0 Å². The molecule has 174 valence electrons. The summed E-state index contributed by atoms with van der Waals surface area (Å²) >= 11 is 1.40. The van der Waals surface area contributed by atoms with Crippen molar-refractivity contribution < 1.29 is 37.4 Å². The maximum absolute atomic E-state index is 11.4. The van der Waals surface area contributed by atoms with Crippen molar-refractivity contribution >= 4 is 34.9 Å². The number of hydrogen-bond donors (Lipinski definition) is 2. The lowest BCUT2D eigenvalue weighted by molar-refractivity contribution is -0.192. The van der Waals surface area contributed by atoms with E-state index in [9.17, 15) is 22.8 Å². The van der Waals surface area contributed by atoms with Gasteiger partial charge < -0.3 is 15.2 Å². The monoisotopic (exact) mass is 465 g/mol. The summed E-state index contributed by atoms with van der Waals surface area (Å²) < 4.78 is 38.5. The van der Waals surface area contributed by atoms with E-state index in [2.05, 4.69) is 16.5 Å². The molecule has 2 rings (SSSR count). The molecule has 0 radical (unpaired) electrons. The van der Waals surface area contributed by atoms with Crippen LogP contribution in [0.25, 0.3) is 6.08 Å². The van der Waals surface area contributed by atoms with Crippen LogP contribution in [0.4, 0.5) is 13.2 Å². The summed E-state index contributed by atoms with van der Waals surface area (Å²) in [6.45, 7) is 6.26. The van der Waals surface area contributed by atoms with E-state index < -0.39 is 12.1 Å². The molecule has 0 aromatic carbocycles. The number of thioether (sulfide) groups is 1. The lowest BCUT2D eigenvalue weighted by atomic mass is 10.0. The molecule has 31 heavy (non-hydrogen) atoms. The van der Waals surface area contributed by atoms with Crippen LogP contribution in [-0.4, -0.2) is 63.1 Å². The first-order valence-electron chi connectivity index (χ1n) is 9.60. The molecule has 1 aliphatic heterocycles. The standard InChI is InChI=1S/C17H25N3O3S.C2HF3O2/c1-3-23-17(22)5-4-9-20-10-7-15(19-20)11-14-12-18-8-6-16(14)24-13(2)21;3-2(4,5)1(6)7/h7,10-11,16,18H,3-6,8-9,12H2,1-2H3;(H,6,7). The van der Waals surface area contributed by atoms with Crippen LogP contribution < -0.4 is 5.32 Å². The zero-order valence-electron chi connectivity index (χ0n) is 17.3. The Balaban J connectivity index is 0.000000592. The summed E-state index contributed by atoms with van der Waals surface area (Å²) in [5.74, 6) is -2.92. The smallest absolute Gasteiger partial charge is 0.475 e. The summed E-state index contributed by atoms with van der Waals surface area (Å²) in [6, 6.07) is 1.96. The van der Waals surface area contributed by atoms with Crippen LogP contribution in [0.5, 0.6) is 0 Å². The Morgan fingerprint density at radius 1 is 1.42 bits per heavy atom. The van der Waals surface area contributed by atoms with Crippen LogP contribution in [0.2, 0.25) is 0 Å². The van der Waals surface area contributed by atoms with Crippen molar-refractivity contribution in [2.24, 2.45) is 0 Å². The second-order valence-electron chi connectivity index (χ2n) is 6.50. The van der Waals surface area contributed by atoms with E-state index in [4.69, 9.17) is 14.6 Å². The molecule has 8 nitrogen and oxygen atoms in total. The highest BCUT2D eigenvalue weighted by atomic mass is 32.2. The van der Waals surface area contributed by atoms with Crippen molar-refractivity contribution in [2.45, 2.75) is 51.1 Å². The number of esters is 1. The fourth-order valence-corrected chi connectivity index (χ4v) is 3.57. The number of nitrogens with one attached hydrogen (secondary N) is 1. The van der Waals surface area contributed by atoms with Crippen molar-refractivity contribution in [3.63, 3.8) is 0 Å². The van der Waals surface area contributed by atoms with Gasteiger partial charge in [0.15, 0.2) is 5.12 Å². The van der Waals surface area contributed by atoms with E-state index in [0.717, 1.165) is 25.2 Å². The topological polar surface area (TPSA) is 111 Å². The molecule has 0 spiro atoms.